The van der Waals surface area contributed by atoms with Crippen molar-refractivity contribution in [3.63, 3.8) is 0 Å². The Bertz CT molecular complexity index is 1070. The van der Waals surface area contributed by atoms with Crippen LogP contribution >= 0.6 is 0 Å². The predicted molar refractivity (Wildman–Crippen MR) is 109 cm³/mol. The molecule has 1 aliphatic heterocycles. The number of alkyl halides is 2. The molecule has 0 amide bonds. The molecule has 1 fully saturated rings. The molecule has 168 valence electrons. The van der Waals surface area contributed by atoms with E-state index in [9.17, 15) is 18.7 Å². The van der Waals surface area contributed by atoms with Crippen molar-refractivity contribution in [2.75, 3.05) is 24.5 Å². The van der Waals surface area contributed by atoms with Gasteiger partial charge in [0.15, 0.2) is 5.82 Å². The van der Waals surface area contributed by atoms with Gasteiger partial charge in [0.05, 0.1) is 11.4 Å². The van der Waals surface area contributed by atoms with Crippen LogP contribution in [0.15, 0.2) is 36.4 Å². The summed E-state index contributed by atoms with van der Waals surface area (Å²) in [7, 11) is 0. The van der Waals surface area contributed by atoms with E-state index in [1.54, 1.807) is 31.2 Å². The minimum absolute atomic E-state index is 0.0714. The number of carboxylic acids is 1. The Hall–Kier alpha value is -3.67. The first-order valence-electron chi connectivity index (χ1n) is 9.89. The number of carbonyl (C=O) groups is 1. The summed E-state index contributed by atoms with van der Waals surface area (Å²) in [6.07, 6.45) is -2.54. The number of rotatable bonds is 7. The van der Waals surface area contributed by atoms with Crippen LogP contribution in [0.5, 0.6) is 5.88 Å². The van der Waals surface area contributed by atoms with E-state index < -0.39 is 18.4 Å². The predicted octanol–water partition coefficient (Wildman–Crippen LogP) is 1.75. The molecule has 4 rings (SSSR count). The molecule has 0 unspecified atom stereocenters. The molecule has 10 nitrogen and oxygen atoms in total. The number of nitrogens with zero attached hydrogens (tertiary/aromatic N) is 6. The fourth-order valence-corrected chi connectivity index (χ4v) is 3.34. The highest BCUT2D eigenvalue weighted by molar-refractivity contribution is 5.74. The molecule has 3 aromatic rings. The van der Waals surface area contributed by atoms with E-state index in [0.717, 1.165) is 0 Å². The third-order valence-electron chi connectivity index (χ3n) is 5.13. The second kappa shape index (κ2) is 9.22. The van der Waals surface area contributed by atoms with Gasteiger partial charge in [-0.1, -0.05) is 17.3 Å². The third-order valence-corrected chi connectivity index (χ3v) is 5.13. The Morgan fingerprint density at radius 1 is 1.22 bits per heavy atom. The van der Waals surface area contributed by atoms with Crippen molar-refractivity contribution in [3.8, 4) is 11.6 Å². The summed E-state index contributed by atoms with van der Waals surface area (Å²) in [4.78, 5) is 13.0. The summed E-state index contributed by atoms with van der Waals surface area (Å²) >= 11 is 0. The van der Waals surface area contributed by atoms with Crippen LogP contribution in [-0.2, 0) is 11.4 Å². The summed E-state index contributed by atoms with van der Waals surface area (Å²) < 4.78 is 32.9. The first-order valence-corrected chi connectivity index (χ1v) is 9.89. The minimum Gasteiger partial charge on any atom is -0.480 e. The quantitative estimate of drug-likeness (QED) is 0.561. The van der Waals surface area contributed by atoms with Gasteiger partial charge >= 0.3 is 5.97 Å². The number of halogens is 2. The third kappa shape index (κ3) is 4.64. The van der Waals surface area contributed by atoms with Gasteiger partial charge in [-0.2, -0.15) is 0 Å². The fourth-order valence-electron chi connectivity index (χ4n) is 3.34. The van der Waals surface area contributed by atoms with E-state index in [4.69, 9.17) is 4.74 Å². The number of anilines is 1. The lowest BCUT2D eigenvalue weighted by Crippen LogP contribution is -2.54. The van der Waals surface area contributed by atoms with E-state index in [1.165, 1.54) is 16.8 Å². The molecule has 1 aromatic carbocycles. The number of ether oxygens (including phenoxy) is 1. The van der Waals surface area contributed by atoms with Crippen LogP contribution in [0.2, 0.25) is 0 Å². The van der Waals surface area contributed by atoms with E-state index in [2.05, 4.69) is 25.8 Å². The summed E-state index contributed by atoms with van der Waals surface area (Å²) in [5, 5.41) is 28.5. The maximum atomic E-state index is 12.8. The number of hydrogen-bond donors (Lipinski definition) is 2. The van der Waals surface area contributed by atoms with E-state index in [-0.39, 0.29) is 18.1 Å². The lowest BCUT2D eigenvalue weighted by atomic mass is 10.2. The monoisotopic (exact) mass is 445 g/mol. The van der Waals surface area contributed by atoms with Gasteiger partial charge in [0, 0.05) is 31.3 Å². The molecule has 1 saturated heterocycles. The molecule has 1 atom stereocenters. The average molecular weight is 445 g/mol. The van der Waals surface area contributed by atoms with Crippen LogP contribution < -0.4 is 15.0 Å². The number of aliphatic carboxylic acids is 1. The zero-order valence-electron chi connectivity index (χ0n) is 17.2. The zero-order chi connectivity index (χ0) is 22.7. The highest BCUT2D eigenvalue weighted by Gasteiger charge is 2.25. The first-order chi connectivity index (χ1) is 15.4. The molecule has 2 aromatic heterocycles. The van der Waals surface area contributed by atoms with E-state index >= 15 is 0 Å². The van der Waals surface area contributed by atoms with Gasteiger partial charge < -0.3 is 20.1 Å². The summed E-state index contributed by atoms with van der Waals surface area (Å²) in [5.41, 5.74) is 1.79. The molecule has 0 radical (unpaired) electrons. The number of hydrogen-bond acceptors (Lipinski definition) is 8. The van der Waals surface area contributed by atoms with Gasteiger partial charge in [-0.3, -0.25) is 4.79 Å². The van der Waals surface area contributed by atoms with Crippen LogP contribution in [0.3, 0.4) is 0 Å². The van der Waals surface area contributed by atoms with Crippen LogP contribution in [0.25, 0.3) is 5.69 Å². The maximum Gasteiger partial charge on any atom is 0.322 e. The highest BCUT2D eigenvalue weighted by atomic mass is 19.3. The summed E-state index contributed by atoms with van der Waals surface area (Å²) in [6, 6.07) is 8.50. The van der Waals surface area contributed by atoms with Crippen molar-refractivity contribution in [2.45, 2.75) is 26.0 Å². The van der Waals surface area contributed by atoms with E-state index in [0.29, 0.717) is 42.5 Å². The number of piperazine rings is 1. The number of aryl methyl sites for hydroxylation is 1. The summed E-state index contributed by atoms with van der Waals surface area (Å²) in [6.45, 7) is 3.31. The SMILES string of the molecule is Cc1nnn(-c2ccc(C(F)F)cc2)c1COc1ccc(N2CCN[C@H](C(=O)O)C2)nn1. The fraction of sp³-hybridized carbons (Fsp3) is 0.350. The molecule has 3 heterocycles. The lowest BCUT2D eigenvalue weighted by Gasteiger charge is -2.32. The van der Waals surface area contributed by atoms with Gasteiger partial charge in [0.1, 0.15) is 18.3 Å². The highest BCUT2D eigenvalue weighted by Crippen LogP contribution is 2.22. The molecule has 0 aliphatic carbocycles. The number of nitrogens with one attached hydrogen (secondary N) is 1. The lowest BCUT2D eigenvalue weighted by molar-refractivity contribution is -0.139. The van der Waals surface area contributed by atoms with Crippen molar-refractivity contribution < 1.29 is 23.4 Å². The Labute approximate surface area is 181 Å². The van der Waals surface area contributed by atoms with Crippen molar-refractivity contribution in [1.82, 2.24) is 30.5 Å². The Balaban J connectivity index is 1.43. The molecule has 12 heteroatoms. The van der Waals surface area contributed by atoms with Crippen LogP contribution in [0.1, 0.15) is 23.4 Å². The Kier molecular flexibility index (Phi) is 6.21. The second-order valence-electron chi connectivity index (χ2n) is 7.23. The first kappa shape index (κ1) is 21.6. The Morgan fingerprint density at radius 2 is 2.00 bits per heavy atom. The van der Waals surface area contributed by atoms with Gasteiger partial charge in [0.2, 0.25) is 5.88 Å². The largest absolute Gasteiger partial charge is 0.480 e. The zero-order valence-corrected chi connectivity index (χ0v) is 17.2. The van der Waals surface area contributed by atoms with Crippen LogP contribution in [0, 0.1) is 6.92 Å². The van der Waals surface area contributed by atoms with Crippen molar-refractivity contribution >= 4 is 11.8 Å². The van der Waals surface area contributed by atoms with Crippen molar-refractivity contribution in [3.05, 3.63) is 53.3 Å². The molecule has 0 spiro atoms. The molecular formula is C20H21F2N7O3. The minimum atomic E-state index is -2.54. The molecular weight excluding hydrogens is 424 g/mol. The molecule has 0 saturated carbocycles. The van der Waals surface area contributed by atoms with Crippen LogP contribution in [0.4, 0.5) is 14.6 Å². The molecule has 1 aliphatic rings. The van der Waals surface area contributed by atoms with E-state index in [1.807, 2.05) is 4.90 Å². The average Bonchev–Trinajstić information content (AvgIpc) is 3.18. The summed E-state index contributed by atoms with van der Waals surface area (Å²) in [5.74, 6) is -0.0713. The standard InChI is InChI=1S/C20H21F2N7O3/c1-12-16(29(27-24-12)14-4-2-13(3-5-14)19(21)22)11-32-18-7-6-17(25-26-18)28-9-8-23-15(10-28)20(30)31/h2-7,15,19,23H,8-11H2,1H3,(H,30,31)/t15-/m0/s1. The normalized spacial score (nSPS) is 16.4. The van der Waals surface area contributed by atoms with Crippen molar-refractivity contribution in [1.29, 1.82) is 0 Å². The second-order valence-corrected chi connectivity index (χ2v) is 7.23. The number of aromatic nitrogens is 5. The van der Waals surface area contributed by atoms with Gasteiger partial charge in [-0.05, 0) is 25.1 Å². The number of benzene rings is 1. The Morgan fingerprint density at radius 3 is 2.66 bits per heavy atom. The maximum absolute atomic E-state index is 12.8. The van der Waals surface area contributed by atoms with Crippen molar-refractivity contribution in [2.24, 2.45) is 0 Å². The molecule has 2 N–H and O–H groups in total. The topological polar surface area (TPSA) is 118 Å². The smallest absolute Gasteiger partial charge is 0.322 e. The molecule has 0 bridgehead atoms. The van der Waals surface area contributed by atoms with Gasteiger partial charge in [0.25, 0.3) is 6.43 Å². The number of carboxylic acid groups (broad SMARTS) is 1. The molecule has 32 heavy (non-hydrogen) atoms. The van der Waals surface area contributed by atoms with Gasteiger partial charge in [-0.15, -0.1) is 15.3 Å². The van der Waals surface area contributed by atoms with Gasteiger partial charge in [-0.25, -0.2) is 13.5 Å². The van der Waals surface area contributed by atoms with Crippen LogP contribution in [-0.4, -0.2) is 61.9 Å².